The first-order valence-corrected chi connectivity index (χ1v) is 15.1. The van der Waals surface area contributed by atoms with Crippen LogP contribution in [-0.2, 0) is 14.3 Å². The Morgan fingerprint density at radius 2 is 1.41 bits per heavy atom. The number of hydrogen-bond donors (Lipinski definition) is 2. The Balaban J connectivity index is 1.40. The molecule has 0 radical (unpaired) electrons. The fourth-order valence-corrected chi connectivity index (χ4v) is 6.28. The summed E-state index contributed by atoms with van der Waals surface area (Å²) in [5.74, 6) is -1.44. The predicted octanol–water partition coefficient (Wildman–Crippen LogP) is 6.16. The van der Waals surface area contributed by atoms with E-state index in [1.54, 1.807) is 30.0 Å². The molecule has 44 heavy (non-hydrogen) atoms. The highest BCUT2D eigenvalue weighted by Gasteiger charge is 2.39. The van der Waals surface area contributed by atoms with Gasteiger partial charge in [-0.15, -0.1) is 0 Å². The van der Waals surface area contributed by atoms with Crippen molar-refractivity contribution in [3.05, 3.63) is 129 Å². The van der Waals surface area contributed by atoms with Gasteiger partial charge in [-0.3, -0.25) is 4.79 Å². The molecule has 3 aromatic rings. The van der Waals surface area contributed by atoms with Gasteiger partial charge in [0, 0.05) is 54.1 Å². The Labute approximate surface area is 262 Å². The van der Waals surface area contributed by atoms with Gasteiger partial charge in [0.1, 0.15) is 0 Å². The molecule has 1 atom stereocenters. The normalized spacial score (nSPS) is 17.0. The van der Waals surface area contributed by atoms with Gasteiger partial charge in [-0.05, 0) is 49.1 Å². The van der Waals surface area contributed by atoms with Crippen molar-refractivity contribution < 1.29 is 24.2 Å². The summed E-state index contributed by atoms with van der Waals surface area (Å²) in [5.41, 5.74) is 4.96. The van der Waals surface area contributed by atoms with Crippen LogP contribution in [0, 0.1) is 0 Å². The van der Waals surface area contributed by atoms with Crippen molar-refractivity contribution in [2.75, 3.05) is 32.8 Å². The van der Waals surface area contributed by atoms with E-state index in [9.17, 15) is 19.5 Å². The van der Waals surface area contributed by atoms with Crippen LogP contribution in [0.1, 0.15) is 48.8 Å². The van der Waals surface area contributed by atoms with Gasteiger partial charge in [0.25, 0.3) is 5.91 Å². The van der Waals surface area contributed by atoms with Gasteiger partial charge in [0.05, 0.1) is 18.1 Å². The first-order chi connectivity index (χ1) is 21.2. The van der Waals surface area contributed by atoms with Crippen molar-refractivity contribution in [3.8, 4) is 0 Å². The number of amides is 2. The van der Waals surface area contributed by atoms with Gasteiger partial charge < -0.3 is 25.0 Å². The molecule has 0 saturated carbocycles. The number of piperazine rings is 1. The summed E-state index contributed by atoms with van der Waals surface area (Å²) in [5, 5.41) is 13.1. The van der Waals surface area contributed by atoms with Gasteiger partial charge >= 0.3 is 12.1 Å². The number of ether oxygens (including phenoxy) is 1. The van der Waals surface area contributed by atoms with Crippen LogP contribution in [0.25, 0.3) is 0 Å². The van der Waals surface area contributed by atoms with E-state index in [1.807, 2.05) is 49.4 Å². The van der Waals surface area contributed by atoms with Crippen LogP contribution in [0.2, 0.25) is 5.02 Å². The number of carbonyl (C=O) groups is 3. The van der Waals surface area contributed by atoms with Crippen LogP contribution < -0.4 is 5.32 Å². The summed E-state index contributed by atoms with van der Waals surface area (Å²) in [6.07, 6.45) is -0.426. The van der Waals surface area contributed by atoms with Crippen molar-refractivity contribution in [1.82, 2.24) is 15.1 Å². The maximum atomic E-state index is 14.1. The second-order valence-electron chi connectivity index (χ2n) is 11.1. The zero-order chi connectivity index (χ0) is 31.2. The number of benzene rings is 3. The largest absolute Gasteiger partial charge is 0.465 e. The summed E-state index contributed by atoms with van der Waals surface area (Å²) in [6, 6.07) is 27.4. The summed E-state index contributed by atoms with van der Waals surface area (Å²) in [4.78, 5) is 42.4. The van der Waals surface area contributed by atoms with E-state index in [4.69, 9.17) is 16.3 Å². The third-order valence-electron chi connectivity index (χ3n) is 8.27. The average Bonchev–Trinajstić information content (AvgIpc) is 3.03. The molecule has 0 spiro atoms. The molecular weight excluding hydrogens is 578 g/mol. The molecule has 5 rings (SSSR count). The molecule has 228 valence electrons. The molecule has 2 amide bonds. The smallest absolute Gasteiger partial charge is 0.407 e. The van der Waals surface area contributed by atoms with Gasteiger partial charge in [0.15, 0.2) is 0 Å². The van der Waals surface area contributed by atoms with Gasteiger partial charge in [-0.2, -0.15) is 0 Å². The molecule has 1 unspecified atom stereocenters. The van der Waals surface area contributed by atoms with Crippen LogP contribution >= 0.6 is 11.6 Å². The maximum absolute atomic E-state index is 14.1. The fraction of sp³-hybridized carbons (Fsp3) is 0.286. The third-order valence-corrected chi connectivity index (χ3v) is 8.51. The van der Waals surface area contributed by atoms with Crippen molar-refractivity contribution in [3.63, 3.8) is 0 Å². The quantitative estimate of drug-likeness (QED) is 0.295. The lowest BCUT2D eigenvalue weighted by atomic mass is 9.79. The number of esters is 1. The van der Waals surface area contributed by atoms with Crippen molar-refractivity contribution in [2.45, 2.75) is 32.1 Å². The first-order valence-electron chi connectivity index (χ1n) is 14.7. The zero-order valence-corrected chi connectivity index (χ0v) is 25.6. The number of hydrogen-bond acceptors (Lipinski definition) is 5. The van der Waals surface area contributed by atoms with Crippen LogP contribution in [-0.4, -0.2) is 65.7 Å². The van der Waals surface area contributed by atoms with Gasteiger partial charge in [-0.1, -0.05) is 84.4 Å². The predicted molar refractivity (Wildman–Crippen MR) is 169 cm³/mol. The van der Waals surface area contributed by atoms with Gasteiger partial charge in [0.2, 0.25) is 0 Å². The Hall–Kier alpha value is -4.56. The molecule has 0 aromatic heterocycles. The lowest BCUT2D eigenvalue weighted by molar-refractivity contribution is -0.139. The molecular formula is C35H36ClN3O5. The Kier molecular flexibility index (Phi) is 9.70. The molecule has 1 saturated heterocycles. The minimum atomic E-state index is -1.01. The second kappa shape index (κ2) is 13.8. The number of halogens is 1. The SMILES string of the molecule is CC1=C(C(=O)OCCC(c2ccccc2)c2ccccc2)C(c2cccc(Cl)c2)C(C(=O)N2CCN(C(=O)O)CC2)=C(C)N1. The highest BCUT2D eigenvalue weighted by atomic mass is 35.5. The van der Waals surface area contributed by atoms with Crippen molar-refractivity contribution in [2.24, 2.45) is 0 Å². The van der Waals surface area contributed by atoms with E-state index < -0.39 is 18.0 Å². The van der Waals surface area contributed by atoms with Crippen molar-refractivity contribution in [1.29, 1.82) is 0 Å². The summed E-state index contributed by atoms with van der Waals surface area (Å²) < 4.78 is 5.97. The third kappa shape index (κ3) is 6.81. The lowest BCUT2D eigenvalue weighted by Gasteiger charge is -2.37. The molecule has 2 aliphatic heterocycles. The van der Waals surface area contributed by atoms with Crippen molar-refractivity contribution >= 4 is 29.6 Å². The van der Waals surface area contributed by atoms with Gasteiger partial charge in [-0.25, -0.2) is 9.59 Å². The van der Waals surface area contributed by atoms with Crippen LogP contribution in [0.5, 0.6) is 0 Å². The van der Waals surface area contributed by atoms with E-state index in [-0.39, 0.29) is 44.6 Å². The summed E-state index contributed by atoms with van der Waals surface area (Å²) in [7, 11) is 0. The van der Waals surface area contributed by atoms with E-state index in [1.165, 1.54) is 4.90 Å². The molecule has 2 heterocycles. The number of carbonyl (C=O) groups excluding carboxylic acids is 2. The number of rotatable bonds is 8. The standard InChI is InChI=1S/C35H36ClN3O5/c1-23-30(33(40)38-17-19-39(20-18-38)35(42)43)32(27-14-9-15-28(36)22-27)31(24(2)37-23)34(41)44-21-16-29(25-10-5-3-6-11-25)26-12-7-4-8-13-26/h3-15,22,29,32,37H,16-21H2,1-2H3,(H,42,43). The summed E-state index contributed by atoms with van der Waals surface area (Å²) in [6.45, 7) is 4.75. The van der Waals surface area contributed by atoms with E-state index in [0.29, 0.717) is 39.5 Å². The molecule has 1 fully saturated rings. The molecule has 9 heteroatoms. The topological polar surface area (TPSA) is 99.2 Å². The number of carboxylic acid groups (broad SMARTS) is 1. The highest BCUT2D eigenvalue weighted by molar-refractivity contribution is 6.30. The Morgan fingerprint density at radius 3 is 1.98 bits per heavy atom. The molecule has 0 bridgehead atoms. The minimum absolute atomic E-state index is 0.0391. The minimum Gasteiger partial charge on any atom is -0.465 e. The lowest BCUT2D eigenvalue weighted by Crippen LogP contribution is -2.51. The van der Waals surface area contributed by atoms with E-state index in [2.05, 4.69) is 29.6 Å². The molecule has 3 aromatic carbocycles. The maximum Gasteiger partial charge on any atom is 0.407 e. The van der Waals surface area contributed by atoms with E-state index >= 15 is 0 Å². The van der Waals surface area contributed by atoms with Crippen LogP contribution in [0.3, 0.4) is 0 Å². The molecule has 2 N–H and O–H groups in total. The number of nitrogens with one attached hydrogen (secondary N) is 1. The Morgan fingerprint density at radius 1 is 0.841 bits per heavy atom. The number of nitrogens with zero attached hydrogens (tertiary/aromatic N) is 2. The molecule has 0 aliphatic carbocycles. The van der Waals surface area contributed by atoms with E-state index in [0.717, 1.165) is 11.1 Å². The first kappa shape index (κ1) is 30.9. The average molecular weight is 614 g/mol. The fourth-order valence-electron chi connectivity index (χ4n) is 6.08. The Bertz CT molecular complexity index is 1540. The number of allylic oxidation sites excluding steroid dienone is 2. The molecule has 8 nitrogen and oxygen atoms in total. The molecule has 2 aliphatic rings. The van der Waals surface area contributed by atoms with Crippen LogP contribution in [0.15, 0.2) is 107 Å². The zero-order valence-electron chi connectivity index (χ0n) is 24.8. The van der Waals surface area contributed by atoms with Crippen LogP contribution in [0.4, 0.5) is 4.79 Å². The number of dihydropyridines is 1. The highest BCUT2D eigenvalue weighted by Crippen LogP contribution is 2.40. The monoisotopic (exact) mass is 613 g/mol. The summed E-state index contributed by atoms with van der Waals surface area (Å²) >= 11 is 6.40. The second-order valence-corrected chi connectivity index (χ2v) is 11.5.